The highest BCUT2D eigenvalue weighted by molar-refractivity contribution is 9.10. The summed E-state index contributed by atoms with van der Waals surface area (Å²) in [4.78, 5) is 16.5. The number of rotatable bonds is 8. The van der Waals surface area contributed by atoms with E-state index < -0.39 is 5.91 Å². The van der Waals surface area contributed by atoms with Gasteiger partial charge in [0.05, 0.1) is 12.8 Å². The van der Waals surface area contributed by atoms with E-state index in [1.165, 1.54) is 11.1 Å². The molecule has 1 N–H and O–H groups in total. The third-order valence-corrected chi connectivity index (χ3v) is 5.80. The number of carbonyl (C=O) groups is 1. The van der Waals surface area contributed by atoms with Crippen LogP contribution in [0.25, 0.3) is 0 Å². The lowest BCUT2D eigenvalue weighted by Gasteiger charge is -2.15. The average Bonchev–Trinajstić information content (AvgIpc) is 3.06. The Morgan fingerprint density at radius 3 is 2.70 bits per heavy atom. The van der Waals surface area contributed by atoms with Crippen LogP contribution >= 0.6 is 15.9 Å². The number of hydrogen-bond donors (Lipinski definition) is 1. The first-order valence-corrected chi connectivity index (χ1v) is 11.1. The van der Waals surface area contributed by atoms with Gasteiger partial charge in [0, 0.05) is 28.8 Å². The van der Waals surface area contributed by atoms with Gasteiger partial charge in [0.2, 0.25) is 5.88 Å². The summed E-state index contributed by atoms with van der Waals surface area (Å²) in [5.41, 5.74) is 8.59. The number of methoxy groups -OCH3 is 1. The lowest BCUT2D eigenvalue weighted by molar-refractivity contribution is -0.123. The maximum absolute atomic E-state index is 12.2. The van der Waals surface area contributed by atoms with Crippen LogP contribution in [0, 0.1) is 18.3 Å². The van der Waals surface area contributed by atoms with Gasteiger partial charge in [0.25, 0.3) is 5.91 Å². The van der Waals surface area contributed by atoms with Gasteiger partial charge in [-0.2, -0.15) is 10.4 Å². The second kappa shape index (κ2) is 11.0. The summed E-state index contributed by atoms with van der Waals surface area (Å²) in [6.45, 7) is 5.87. The van der Waals surface area contributed by atoms with Crippen molar-refractivity contribution in [3.05, 3.63) is 80.0 Å². The Morgan fingerprint density at radius 1 is 1.30 bits per heavy atom. The predicted octanol–water partition coefficient (Wildman–Crippen LogP) is 4.71. The molecule has 0 radical (unpaired) electrons. The molecule has 1 aliphatic rings. The van der Waals surface area contributed by atoms with Gasteiger partial charge in [-0.3, -0.25) is 4.79 Å². The molecule has 0 saturated heterocycles. The molecule has 1 heterocycles. The van der Waals surface area contributed by atoms with Crippen LogP contribution in [0.15, 0.2) is 62.7 Å². The van der Waals surface area contributed by atoms with Crippen molar-refractivity contribution < 1.29 is 14.3 Å². The summed E-state index contributed by atoms with van der Waals surface area (Å²) in [6.07, 6.45) is 3.71. The van der Waals surface area contributed by atoms with Crippen molar-refractivity contribution in [1.82, 2.24) is 10.4 Å². The molecule has 0 saturated carbocycles. The van der Waals surface area contributed by atoms with Crippen LogP contribution in [0.5, 0.6) is 5.88 Å². The molecule has 170 valence electrons. The number of aromatic nitrogens is 1. The van der Waals surface area contributed by atoms with Crippen molar-refractivity contribution in [2.45, 2.75) is 33.3 Å². The zero-order chi connectivity index (χ0) is 24.0. The van der Waals surface area contributed by atoms with Crippen molar-refractivity contribution >= 4 is 28.1 Å². The van der Waals surface area contributed by atoms with Crippen LogP contribution < -0.4 is 10.2 Å². The normalized spacial score (nSPS) is 15.5. The van der Waals surface area contributed by atoms with Gasteiger partial charge in [0.15, 0.2) is 6.61 Å². The van der Waals surface area contributed by atoms with Crippen LogP contribution in [0.4, 0.5) is 0 Å². The van der Waals surface area contributed by atoms with E-state index in [-0.39, 0.29) is 30.6 Å². The molecule has 0 spiro atoms. The summed E-state index contributed by atoms with van der Waals surface area (Å²) >= 11 is 3.47. The molecule has 1 atom stereocenters. The third kappa shape index (κ3) is 5.95. The first-order valence-electron chi connectivity index (χ1n) is 10.3. The Hall–Kier alpha value is -3.28. The molecule has 1 aromatic heterocycles. The number of hydrazone groups is 1. The van der Waals surface area contributed by atoms with Crippen LogP contribution in [-0.2, 0) is 16.1 Å². The van der Waals surface area contributed by atoms with E-state index >= 15 is 0 Å². The number of pyridine rings is 1. The molecule has 33 heavy (non-hydrogen) atoms. The van der Waals surface area contributed by atoms with Gasteiger partial charge >= 0.3 is 0 Å². The van der Waals surface area contributed by atoms with Crippen LogP contribution in [0.1, 0.15) is 42.1 Å². The number of nitriles is 1. The highest BCUT2D eigenvalue weighted by Crippen LogP contribution is 2.39. The molecule has 0 fully saturated rings. The molecule has 3 rings (SSSR count). The van der Waals surface area contributed by atoms with E-state index in [0.29, 0.717) is 11.3 Å². The number of nitrogens with zero attached hydrogens (tertiary/aromatic N) is 3. The molecule has 0 bridgehead atoms. The standard InChI is InChI=1S/C25H25BrN4O3/c1-15-9-19(17(3)24(15)18-5-7-21(26)8-6-18)12-28-30-23(31)14-33-25-22(11-27)20(13-32-4)10-16(2)29-25/h5-10,12,24H,13-14H2,1-4H3,(H,30,31)/b28-12+. The fourth-order valence-corrected chi connectivity index (χ4v) is 4.07. The van der Waals surface area contributed by atoms with E-state index in [1.54, 1.807) is 26.3 Å². The zero-order valence-corrected chi connectivity index (χ0v) is 20.6. The first kappa shape index (κ1) is 24.4. The smallest absolute Gasteiger partial charge is 0.278 e. The highest BCUT2D eigenvalue weighted by atomic mass is 79.9. The van der Waals surface area contributed by atoms with Crippen molar-refractivity contribution in [2.75, 3.05) is 13.7 Å². The molecule has 0 aliphatic heterocycles. The number of aryl methyl sites for hydroxylation is 1. The van der Waals surface area contributed by atoms with Crippen LogP contribution in [0.2, 0.25) is 0 Å². The second-order valence-electron chi connectivity index (χ2n) is 7.74. The second-order valence-corrected chi connectivity index (χ2v) is 8.66. The molecule has 8 heteroatoms. The fraction of sp³-hybridized carbons (Fsp3) is 0.280. The van der Waals surface area contributed by atoms with E-state index in [0.717, 1.165) is 15.6 Å². The van der Waals surface area contributed by atoms with Gasteiger partial charge in [-0.1, -0.05) is 45.3 Å². The number of carbonyl (C=O) groups excluding carboxylic acids is 1. The molecule has 2 aromatic rings. The van der Waals surface area contributed by atoms with Crippen molar-refractivity contribution in [3.63, 3.8) is 0 Å². The molecule has 1 aromatic carbocycles. The van der Waals surface area contributed by atoms with E-state index in [9.17, 15) is 10.1 Å². The van der Waals surface area contributed by atoms with Gasteiger partial charge < -0.3 is 9.47 Å². The van der Waals surface area contributed by atoms with E-state index in [2.05, 4.69) is 69.6 Å². The molecule has 1 aliphatic carbocycles. The number of allylic oxidation sites excluding steroid dienone is 4. The summed E-state index contributed by atoms with van der Waals surface area (Å²) < 4.78 is 11.7. The predicted molar refractivity (Wildman–Crippen MR) is 130 cm³/mol. The Labute approximate surface area is 201 Å². The van der Waals surface area contributed by atoms with Crippen molar-refractivity contribution in [2.24, 2.45) is 5.10 Å². The molecule has 7 nitrogen and oxygen atoms in total. The maximum Gasteiger partial charge on any atom is 0.278 e. The Morgan fingerprint density at radius 2 is 2.03 bits per heavy atom. The fourth-order valence-electron chi connectivity index (χ4n) is 3.80. The van der Waals surface area contributed by atoms with E-state index in [1.807, 2.05) is 12.1 Å². The topological polar surface area (TPSA) is 96.6 Å². The number of nitrogens with one attached hydrogen (secondary N) is 1. The SMILES string of the molecule is COCc1cc(C)nc(OCC(=O)N/N=C/C2=C(C)C(c3ccc(Br)cc3)C(C)=C2)c1C#N. The van der Waals surface area contributed by atoms with E-state index in [4.69, 9.17) is 9.47 Å². The van der Waals surface area contributed by atoms with Crippen LogP contribution in [0.3, 0.4) is 0 Å². The lowest BCUT2D eigenvalue weighted by Crippen LogP contribution is -2.25. The van der Waals surface area contributed by atoms with Gasteiger partial charge in [-0.25, -0.2) is 10.4 Å². The van der Waals surface area contributed by atoms with Gasteiger partial charge in [0.1, 0.15) is 11.6 Å². The van der Waals surface area contributed by atoms with Crippen LogP contribution in [-0.4, -0.2) is 30.8 Å². The minimum absolute atomic E-state index is 0.105. The number of ether oxygens (including phenoxy) is 2. The van der Waals surface area contributed by atoms with Gasteiger partial charge in [-0.15, -0.1) is 0 Å². The molecule has 1 unspecified atom stereocenters. The van der Waals surface area contributed by atoms with Gasteiger partial charge in [-0.05, 0) is 50.1 Å². The molecular formula is C25H25BrN4O3. The monoisotopic (exact) mass is 508 g/mol. The first-order chi connectivity index (χ1) is 15.8. The Kier molecular flexibility index (Phi) is 8.15. The summed E-state index contributed by atoms with van der Waals surface area (Å²) in [5.74, 6) is -0.154. The minimum atomic E-state index is -0.451. The Balaban J connectivity index is 1.63. The number of halogens is 1. The van der Waals surface area contributed by atoms with Crippen molar-refractivity contribution in [3.8, 4) is 11.9 Å². The number of hydrogen-bond acceptors (Lipinski definition) is 6. The summed E-state index contributed by atoms with van der Waals surface area (Å²) in [6, 6.07) is 12.1. The quantitative estimate of drug-likeness (QED) is 0.411. The highest BCUT2D eigenvalue weighted by Gasteiger charge is 2.23. The Bertz CT molecular complexity index is 1180. The number of amides is 1. The van der Waals surface area contributed by atoms with Crippen molar-refractivity contribution in [1.29, 1.82) is 5.26 Å². The summed E-state index contributed by atoms with van der Waals surface area (Å²) in [7, 11) is 1.54. The average molecular weight is 509 g/mol. The lowest BCUT2D eigenvalue weighted by atomic mass is 9.89. The molecular weight excluding hydrogens is 484 g/mol. The number of benzene rings is 1. The third-order valence-electron chi connectivity index (χ3n) is 5.27. The zero-order valence-electron chi connectivity index (χ0n) is 19.0. The largest absolute Gasteiger partial charge is 0.467 e. The summed E-state index contributed by atoms with van der Waals surface area (Å²) in [5, 5.41) is 13.5. The minimum Gasteiger partial charge on any atom is -0.467 e. The maximum atomic E-state index is 12.2. The molecule has 1 amide bonds.